The van der Waals surface area contributed by atoms with E-state index in [1.165, 1.54) is 0 Å². The van der Waals surface area contributed by atoms with Gasteiger partial charge in [-0.25, -0.2) is 4.79 Å². The molecule has 0 atom stereocenters. The van der Waals surface area contributed by atoms with Gasteiger partial charge in [-0.15, -0.1) is 0 Å². The van der Waals surface area contributed by atoms with Crippen LogP contribution >= 0.6 is 0 Å². The summed E-state index contributed by atoms with van der Waals surface area (Å²) in [6.45, 7) is 6.10. The van der Waals surface area contributed by atoms with Gasteiger partial charge < -0.3 is 4.43 Å². The second-order valence-corrected chi connectivity index (χ2v) is 8.44. The third-order valence-electron chi connectivity index (χ3n) is 1.54. The molecule has 0 fully saturated rings. The highest BCUT2D eigenvalue weighted by molar-refractivity contribution is 6.70. The van der Waals surface area contributed by atoms with Crippen LogP contribution in [0, 0.1) is 0 Å². The average molecular weight is 206 g/mol. The van der Waals surface area contributed by atoms with E-state index >= 15 is 0 Å². The Hall–Kier alpha value is -1.31. The molecule has 0 saturated heterocycles. The van der Waals surface area contributed by atoms with Gasteiger partial charge in [0.2, 0.25) is 8.32 Å². The Bertz CT molecular complexity index is 345. The van der Waals surface area contributed by atoms with E-state index in [0.29, 0.717) is 5.76 Å². The van der Waals surface area contributed by atoms with Crippen LogP contribution in [-0.4, -0.2) is 14.3 Å². The van der Waals surface area contributed by atoms with Gasteiger partial charge in [-0.2, -0.15) is 0 Å². The van der Waals surface area contributed by atoms with Gasteiger partial charge in [0.1, 0.15) is 0 Å². The van der Waals surface area contributed by atoms with Crippen molar-refractivity contribution in [3.8, 4) is 0 Å². The Balaban J connectivity index is 2.91. The van der Waals surface area contributed by atoms with E-state index in [4.69, 9.17) is 4.43 Å². The van der Waals surface area contributed by atoms with Crippen molar-refractivity contribution in [2.24, 2.45) is 0 Å². The van der Waals surface area contributed by atoms with Crippen molar-refractivity contribution in [3.63, 3.8) is 0 Å². The Morgan fingerprint density at radius 1 is 1.21 bits per heavy atom. The summed E-state index contributed by atoms with van der Waals surface area (Å²) in [6, 6.07) is 9.35. The minimum atomic E-state index is -1.72. The van der Waals surface area contributed by atoms with Gasteiger partial charge in [0.05, 0.1) is 0 Å². The van der Waals surface area contributed by atoms with Gasteiger partial charge in [0, 0.05) is 5.56 Å². The van der Waals surface area contributed by atoms with E-state index in [1.54, 1.807) is 0 Å². The summed E-state index contributed by atoms with van der Waals surface area (Å²) in [6.07, 6.45) is 0. The van der Waals surface area contributed by atoms with Gasteiger partial charge in [0.15, 0.2) is 11.7 Å². The first kappa shape index (κ1) is 10.8. The number of hydrogen-bond acceptors (Lipinski definition) is 2. The smallest absolute Gasteiger partial charge is 0.243 e. The lowest BCUT2D eigenvalue weighted by Gasteiger charge is -2.19. The molecule has 0 radical (unpaired) electrons. The van der Waals surface area contributed by atoms with Gasteiger partial charge in [0.25, 0.3) is 0 Å². The lowest BCUT2D eigenvalue weighted by atomic mass is 10.2. The SMILES string of the molecule is C[Si](C)(C)OC(=C=O)c1ccccc1. The van der Waals surface area contributed by atoms with Crippen LogP contribution in [0.4, 0.5) is 0 Å². The van der Waals surface area contributed by atoms with Gasteiger partial charge in [-0.1, -0.05) is 30.3 Å². The average Bonchev–Trinajstić information content (AvgIpc) is 2.14. The van der Waals surface area contributed by atoms with E-state index in [1.807, 2.05) is 55.9 Å². The van der Waals surface area contributed by atoms with E-state index in [9.17, 15) is 4.79 Å². The summed E-state index contributed by atoms with van der Waals surface area (Å²) in [7, 11) is -1.72. The molecule has 0 aliphatic carbocycles. The highest BCUT2D eigenvalue weighted by Crippen LogP contribution is 2.17. The van der Waals surface area contributed by atoms with Crippen LogP contribution in [0.2, 0.25) is 19.6 Å². The fraction of sp³-hybridized carbons (Fsp3) is 0.273. The largest absolute Gasteiger partial charge is 0.536 e. The first-order valence-corrected chi connectivity index (χ1v) is 7.93. The van der Waals surface area contributed by atoms with Gasteiger partial charge in [-0.3, -0.25) is 0 Å². The van der Waals surface area contributed by atoms with Crippen LogP contribution in [-0.2, 0) is 9.22 Å². The zero-order chi connectivity index (χ0) is 10.6. The van der Waals surface area contributed by atoms with Crippen molar-refractivity contribution in [2.75, 3.05) is 0 Å². The maximum absolute atomic E-state index is 10.7. The number of carbonyl (C=O) groups excluding carboxylic acids is 1. The molecular formula is C11H14O2Si. The summed E-state index contributed by atoms with van der Waals surface area (Å²) in [5, 5.41) is 0. The molecular weight excluding hydrogens is 192 g/mol. The van der Waals surface area contributed by atoms with Crippen molar-refractivity contribution in [3.05, 3.63) is 35.9 Å². The predicted molar refractivity (Wildman–Crippen MR) is 60.0 cm³/mol. The third kappa shape index (κ3) is 3.21. The second kappa shape index (κ2) is 4.27. The van der Waals surface area contributed by atoms with Crippen LogP contribution < -0.4 is 0 Å². The fourth-order valence-corrected chi connectivity index (χ4v) is 1.81. The maximum atomic E-state index is 10.7. The molecule has 74 valence electrons. The molecule has 0 spiro atoms. The van der Waals surface area contributed by atoms with Crippen LogP contribution in [0.25, 0.3) is 5.76 Å². The molecule has 0 amide bonds. The van der Waals surface area contributed by atoms with E-state index in [2.05, 4.69) is 0 Å². The summed E-state index contributed by atoms with van der Waals surface area (Å²) in [4.78, 5) is 10.7. The summed E-state index contributed by atoms with van der Waals surface area (Å²) < 4.78 is 5.60. The second-order valence-electron chi connectivity index (χ2n) is 4.01. The lowest BCUT2D eigenvalue weighted by molar-refractivity contribution is 0.506. The number of rotatable bonds is 3. The van der Waals surface area contributed by atoms with Crippen molar-refractivity contribution >= 4 is 20.0 Å². The Labute approximate surface area is 85.3 Å². The van der Waals surface area contributed by atoms with E-state index in [0.717, 1.165) is 5.56 Å². The molecule has 0 aliphatic heterocycles. The quantitative estimate of drug-likeness (QED) is 0.432. The van der Waals surface area contributed by atoms with Crippen molar-refractivity contribution in [1.29, 1.82) is 0 Å². The molecule has 0 bridgehead atoms. The van der Waals surface area contributed by atoms with E-state index in [-0.39, 0.29) is 0 Å². The molecule has 0 N–H and O–H groups in total. The number of benzene rings is 1. The van der Waals surface area contributed by atoms with Gasteiger partial charge in [-0.05, 0) is 19.6 Å². The predicted octanol–water partition coefficient (Wildman–Crippen LogP) is 2.71. The van der Waals surface area contributed by atoms with Gasteiger partial charge >= 0.3 is 0 Å². The minimum absolute atomic E-state index is 0.324. The maximum Gasteiger partial charge on any atom is 0.243 e. The zero-order valence-electron chi connectivity index (χ0n) is 8.70. The standard InChI is InChI=1S/C11H14O2Si/c1-14(2,3)13-11(9-12)10-7-5-4-6-8-10/h4-8H,1-3H3. The molecule has 1 rings (SSSR count). The van der Waals surface area contributed by atoms with Crippen molar-refractivity contribution in [1.82, 2.24) is 0 Å². The topological polar surface area (TPSA) is 26.3 Å². The van der Waals surface area contributed by atoms with Crippen molar-refractivity contribution in [2.45, 2.75) is 19.6 Å². The number of hydrogen-bond donors (Lipinski definition) is 0. The summed E-state index contributed by atoms with van der Waals surface area (Å²) in [5.41, 5.74) is 0.796. The molecule has 0 saturated carbocycles. The highest BCUT2D eigenvalue weighted by Gasteiger charge is 2.19. The molecule has 0 aliphatic rings. The molecule has 3 heteroatoms. The molecule has 1 aromatic rings. The highest BCUT2D eigenvalue weighted by atomic mass is 28.4. The molecule has 0 unspecified atom stereocenters. The molecule has 14 heavy (non-hydrogen) atoms. The minimum Gasteiger partial charge on any atom is -0.536 e. The van der Waals surface area contributed by atoms with Crippen LogP contribution in [0.3, 0.4) is 0 Å². The molecule has 0 aromatic heterocycles. The zero-order valence-corrected chi connectivity index (χ0v) is 9.70. The van der Waals surface area contributed by atoms with Crippen LogP contribution in [0.5, 0.6) is 0 Å². The first-order chi connectivity index (χ1) is 6.53. The first-order valence-electron chi connectivity index (χ1n) is 4.52. The normalized spacial score (nSPS) is 10.5. The molecule has 0 heterocycles. The Morgan fingerprint density at radius 2 is 1.79 bits per heavy atom. The summed E-state index contributed by atoms with van der Waals surface area (Å²) in [5.74, 6) is 2.18. The molecule has 1 aromatic carbocycles. The monoisotopic (exact) mass is 206 g/mol. The Kier molecular flexibility index (Phi) is 3.28. The summed E-state index contributed by atoms with van der Waals surface area (Å²) >= 11 is 0. The van der Waals surface area contributed by atoms with Crippen LogP contribution in [0.1, 0.15) is 5.56 Å². The Morgan fingerprint density at radius 3 is 2.21 bits per heavy atom. The van der Waals surface area contributed by atoms with Crippen molar-refractivity contribution < 1.29 is 9.22 Å². The fourth-order valence-electron chi connectivity index (χ4n) is 1.03. The van der Waals surface area contributed by atoms with Crippen LogP contribution in [0.15, 0.2) is 30.3 Å². The lowest BCUT2D eigenvalue weighted by Crippen LogP contribution is -2.24. The third-order valence-corrected chi connectivity index (χ3v) is 2.35. The molecule has 2 nitrogen and oxygen atoms in total. The van der Waals surface area contributed by atoms with E-state index < -0.39 is 8.32 Å².